The number of imide groups is 1. The van der Waals surface area contributed by atoms with E-state index in [1.165, 1.54) is 23.1 Å². The summed E-state index contributed by atoms with van der Waals surface area (Å²) in [6, 6.07) is 8.50. The lowest BCUT2D eigenvalue weighted by atomic mass is 10.00. The molecule has 0 bridgehead atoms. The Morgan fingerprint density at radius 3 is 2.59 bits per heavy atom. The maximum atomic E-state index is 14.9. The van der Waals surface area contributed by atoms with Gasteiger partial charge in [0, 0.05) is 48.2 Å². The third-order valence-electron chi connectivity index (χ3n) is 6.96. The molecule has 0 spiro atoms. The predicted octanol–water partition coefficient (Wildman–Crippen LogP) is -0.0872. The molecular formula is C25H26FN3O8. The molecule has 2 saturated heterocycles. The smallest absolute Gasteiger partial charge is 0.279 e. The van der Waals surface area contributed by atoms with E-state index in [1.54, 1.807) is 12.1 Å². The molecule has 0 aromatic heterocycles. The fraction of sp³-hybridized carbons (Fsp3) is 0.400. The third-order valence-corrected chi connectivity index (χ3v) is 6.96. The molecule has 12 heteroatoms. The van der Waals surface area contributed by atoms with Crippen molar-refractivity contribution in [2.24, 2.45) is 0 Å². The summed E-state index contributed by atoms with van der Waals surface area (Å²) in [7, 11) is 0. The first-order valence-corrected chi connectivity index (χ1v) is 11.8. The van der Waals surface area contributed by atoms with Gasteiger partial charge in [-0.2, -0.15) is 0 Å². The Kier molecular flexibility index (Phi) is 6.46. The minimum Gasteiger partial charge on any atom is -0.488 e. The molecule has 3 amide bonds. The van der Waals surface area contributed by atoms with E-state index >= 15 is 0 Å². The van der Waals surface area contributed by atoms with Gasteiger partial charge in [0.15, 0.2) is 0 Å². The van der Waals surface area contributed by atoms with Gasteiger partial charge < -0.3 is 24.8 Å². The van der Waals surface area contributed by atoms with E-state index < -0.39 is 35.2 Å². The van der Waals surface area contributed by atoms with Crippen LogP contribution in [0.1, 0.15) is 39.9 Å². The summed E-state index contributed by atoms with van der Waals surface area (Å²) in [6.45, 7) is 0.860. The minimum atomic E-state index is -2.36. The summed E-state index contributed by atoms with van der Waals surface area (Å²) >= 11 is 0. The second-order valence-corrected chi connectivity index (χ2v) is 9.20. The van der Waals surface area contributed by atoms with Gasteiger partial charge in [-0.25, -0.2) is 9.29 Å². The molecule has 196 valence electrons. The molecule has 2 aromatic carbocycles. The van der Waals surface area contributed by atoms with Gasteiger partial charge in [-0.05, 0) is 18.2 Å². The molecule has 37 heavy (non-hydrogen) atoms. The third kappa shape index (κ3) is 4.47. The number of piperidine rings is 1. The van der Waals surface area contributed by atoms with Crippen LogP contribution in [0.25, 0.3) is 0 Å². The molecule has 1 atom stereocenters. The SMILES string of the molecule is O=C1CCC(O)(N2Cc3c(OCc4ccc(C(O)(O)N5CCOCC5)cc4F)cccc3C2=O)C(=O)N1. The van der Waals surface area contributed by atoms with Crippen molar-refractivity contribution >= 4 is 17.7 Å². The number of aliphatic hydroxyl groups is 3. The van der Waals surface area contributed by atoms with Crippen molar-refractivity contribution in [3.8, 4) is 5.75 Å². The van der Waals surface area contributed by atoms with Gasteiger partial charge in [-0.1, -0.05) is 18.2 Å². The van der Waals surface area contributed by atoms with Crippen LogP contribution in [-0.4, -0.2) is 74.9 Å². The quantitative estimate of drug-likeness (QED) is 0.306. The van der Waals surface area contributed by atoms with E-state index in [0.717, 1.165) is 11.0 Å². The molecule has 4 N–H and O–H groups in total. The Balaban J connectivity index is 1.32. The number of halogens is 1. The van der Waals surface area contributed by atoms with E-state index in [9.17, 15) is 34.1 Å². The highest BCUT2D eigenvalue weighted by atomic mass is 19.1. The zero-order valence-electron chi connectivity index (χ0n) is 19.8. The average molecular weight is 515 g/mol. The number of amides is 3. The number of benzene rings is 2. The molecule has 3 aliphatic heterocycles. The van der Waals surface area contributed by atoms with Crippen LogP contribution in [0.4, 0.5) is 4.39 Å². The molecule has 0 radical (unpaired) electrons. The Morgan fingerprint density at radius 2 is 1.89 bits per heavy atom. The van der Waals surface area contributed by atoms with Crippen LogP contribution in [0.5, 0.6) is 5.75 Å². The number of morpholine rings is 1. The van der Waals surface area contributed by atoms with Crippen molar-refractivity contribution in [2.45, 2.75) is 37.6 Å². The van der Waals surface area contributed by atoms with Crippen molar-refractivity contribution in [1.82, 2.24) is 15.1 Å². The fourth-order valence-corrected chi connectivity index (χ4v) is 4.77. The number of nitrogens with one attached hydrogen (secondary N) is 1. The van der Waals surface area contributed by atoms with Crippen molar-refractivity contribution in [3.05, 3.63) is 64.5 Å². The van der Waals surface area contributed by atoms with Gasteiger partial charge in [0.25, 0.3) is 17.7 Å². The van der Waals surface area contributed by atoms with Crippen LogP contribution < -0.4 is 10.1 Å². The summed E-state index contributed by atoms with van der Waals surface area (Å²) in [5.41, 5.74) is -1.42. The van der Waals surface area contributed by atoms with Gasteiger partial charge in [-0.3, -0.25) is 24.6 Å². The van der Waals surface area contributed by atoms with Crippen LogP contribution in [0, 0.1) is 5.82 Å². The van der Waals surface area contributed by atoms with E-state index in [4.69, 9.17) is 9.47 Å². The van der Waals surface area contributed by atoms with Crippen molar-refractivity contribution in [2.75, 3.05) is 26.3 Å². The van der Waals surface area contributed by atoms with Gasteiger partial charge in [0.1, 0.15) is 18.2 Å². The molecule has 2 aromatic rings. The standard InChI is InChI=1S/C25H26FN3O8/c26-19-12-16(25(34,35)28-8-10-36-11-9-28)5-4-15(19)14-37-20-3-1-2-17-18(20)13-29(22(17)31)24(33)7-6-21(30)27-23(24)32/h1-5,12,33-35H,6-11,13-14H2,(H,27,30,32). The Morgan fingerprint density at radius 1 is 1.14 bits per heavy atom. The van der Waals surface area contributed by atoms with Crippen molar-refractivity contribution < 1.29 is 43.6 Å². The summed E-state index contributed by atoms with van der Waals surface area (Å²) in [6.07, 6.45) is -0.345. The second kappa shape index (κ2) is 9.47. The Bertz CT molecular complexity index is 1260. The average Bonchev–Trinajstić information content (AvgIpc) is 3.24. The molecule has 1 unspecified atom stereocenters. The molecular weight excluding hydrogens is 489 g/mol. The van der Waals surface area contributed by atoms with Crippen LogP contribution in [0.3, 0.4) is 0 Å². The van der Waals surface area contributed by atoms with E-state index in [0.29, 0.717) is 18.8 Å². The summed E-state index contributed by atoms with van der Waals surface area (Å²) in [4.78, 5) is 39.2. The molecule has 11 nitrogen and oxygen atoms in total. The Hall–Kier alpha value is -3.42. The molecule has 0 saturated carbocycles. The van der Waals surface area contributed by atoms with Gasteiger partial charge >= 0.3 is 0 Å². The molecule has 3 heterocycles. The second-order valence-electron chi connectivity index (χ2n) is 9.20. The number of hydrogen-bond acceptors (Lipinski definition) is 9. The topological polar surface area (TPSA) is 149 Å². The monoisotopic (exact) mass is 515 g/mol. The van der Waals surface area contributed by atoms with Crippen molar-refractivity contribution in [1.29, 1.82) is 0 Å². The summed E-state index contributed by atoms with van der Waals surface area (Å²) in [5, 5.41) is 34.1. The van der Waals surface area contributed by atoms with Gasteiger partial charge in [0.2, 0.25) is 11.6 Å². The highest BCUT2D eigenvalue weighted by Crippen LogP contribution is 2.37. The first-order chi connectivity index (χ1) is 17.6. The zero-order chi connectivity index (χ0) is 26.4. The maximum absolute atomic E-state index is 14.9. The normalized spacial score (nSPS) is 22.7. The van der Waals surface area contributed by atoms with Gasteiger partial charge in [0.05, 0.1) is 19.8 Å². The number of carbonyl (C=O) groups excluding carboxylic acids is 3. The highest BCUT2D eigenvalue weighted by molar-refractivity contribution is 6.06. The Labute approximate surface area is 211 Å². The first kappa shape index (κ1) is 25.2. The predicted molar refractivity (Wildman–Crippen MR) is 123 cm³/mol. The van der Waals surface area contributed by atoms with Crippen LogP contribution >= 0.6 is 0 Å². The lowest BCUT2D eigenvalue weighted by Crippen LogP contribution is -2.63. The van der Waals surface area contributed by atoms with Gasteiger partial charge in [-0.15, -0.1) is 0 Å². The van der Waals surface area contributed by atoms with E-state index in [2.05, 4.69) is 5.32 Å². The first-order valence-electron chi connectivity index (χ1n) is 11.8. The van der Waals surface area contributed by atoms with E-state index in [1.807, 2.05) is 0 Å². The lowest BCUT2D eigenvalue weighted by Gasteiger charge is -2.37. The molecule has 2 fully saturated rings. The number of hydrogen-bond donors (Lipinski definition) is 4. The largest absolute Gasteiger partial charge is 0.488 e. The zero-order valence-corrected chi connectivity index (χ0v) is 19.8. The summed E-state index contributed by atoms with van der Waals surface area (Å²) < 4.78 is 25.9. The molecule has 5 rings (SSSR count). The number of nitrogens with zero attached hydrogens (tertiary/aromatic N) is 2. The number of carbonyl (C=O) groups is 3. The van der Waals surface area contributed by atoms with Crippen LogP contribution in [0.15, 0.2) is 36.4 Å². The number of ether oxygens (including phenoxy) is 2. The maximum Gasteiger partial charge on any atom is 0.279 e. The van der Waals surface area contributed by atoms with Crippen LogP contribution in [-0.2, 0) is 33.4 Å². The fourth-order valence-electron chi connectivity index (χ4n) is 4.77. The van der Waals surface area contributed by atoms with E-state index in [-0.39, 0.29) is 61.5 Å². The minimum absolute atomic E-state index is 0.0324. The number of fused-ring (bicyclic) bond motifs is 1. The molecule has 3 aliphatic rings. The van der Waals surface area contributed by atoms with Crippen molar-refractivity contribution in [3.63, 3.8) is 0 Å². The highest BCUT2D eigenvalue weighted by Gasteiger charge is 2.51. The summed E-state index contributed by atoms with van der Waals surface area (Å²) in [5.74, 6) is -4.88. The number of rotatable bonds is 6. The van der Waals surface area contributed by atoms with Crippen LogP contribution in [0.2, 0.25) is 0 Å². The lowest BCUT2D eigenvalue weighted by molar-refractivity contribution is -0.287. The molecule has 0 aliphatic carbocycles.